The zero-order valence-electron chi connectivity index (χ0n) is 10.2. The van der Waals surface area contributed by atoms with Crippen molar-refractivity contribution in [3.8, 4) is 0 Å². The number of carbonyl (C=O) groups excluding carboxylic acids is 1. The van der Waals surface area contributed by atoms with Gasteiger partial charge in [-0.15, -0.1) is 0 Å². The number of ether oxygens (including phenoxy) is 1. The van der Waals surface area contributed by atoms with Crippen LogP contribution in [0.5, 0.6) is 0 Å². The lowest BCUT2D eigenvalue weighted by Crippen LogP contribution is -2.55. The molecule has 0 aliphatic carbocycles. The quantitative estimate of drug-likeness (QED) is 0.643. The Morgan fingerprint density at radius 3 is 2.67 bits per heavy atom. The van der Waals surface area contributed by atoms with Crippen molar-refractivity contribution in [1.82, 2.24) is 9.80 Å². The summed E-state index contributed by atoms with van der Waals surface area (Å²) in [4.78, 5) is 16.2. The van der Waals surface area contributed by atoms with Crippen molar-refractivity contribution in [2.45, 2.75) is 32.9 Å². The molecular formula is C11H22N2O2. The van der Waals surface area contributed by atoms with Gasteiger partial charge in [0.2, 0.25) is 0 Å². The van der Waals surface area contributed by atoms with Gasteiger partial charge in [0.25, 0.3) is 0 Å². The Hall–Kier alpha value is -0.610. The van der Waals surface area contributed by atoms with Gasteiger partial charge in [-0.1, -0.05) is 6.92 Å². The summed E-state index contributed by atoms with van der Waals surface area (Å²) in [6.07, 6.45) is -0.0251. The molecule has 0 spiro atoms. The largest absolute Gasteiger partial charge is 0.462 e. The molecule has 15 heavy (non-hydrogen) atoms. The van der Waals surface area contributed by atoms with Crippen LogP contribution in [-0.2, 0) is 9.53 Å². The summed E-state index contributed by atoms with van der Waals surface area (Å²) in [5.74, 6) is -0.0920. The highest BCUT2D eigenvalue weighted by molar-refractivity contribution is 5.76. The fraction of sp³-hybridized carbons (Fsp3) is 0.909. The van der Waals surface area contributed by atoms with Crippen molar-refractivity contribution >= 4 is 5.97 Å². The molecule has 4 heteroatoms. The molecule has 1 saturated heterocycles. The van der Waals surface area contributed by atoms with Crippen LogP contribution in [0.2, 0.25) is 0 Å². The molecule has 0 N–H and O–H groups in total. The van der Waals surface area contributed by atoms with Crippen molar-refractivity contribution in [1.29, 1.82) is 0 Å². The van der Waals surface area contributed by atoms with Gasteiger partial charge in [0.15, 0.2) is 0 Å². The molecule has 1 atom stereocenters. The number of hydrogen-bond donors (Lipinski definition) is 0. The van der Waals surface area contributed by atoms with E-state index >= 15 is 0 Å². The predicted molar refractivity (Wildman–Crippen MR) is 59.8 cm³/mol. The Balaban J connectivity index is 2.53. The second-order valence-electron chi connectivity index (χ2n) is 4.38. The molecule has 0 aromatic carbocycles. The normalized spacial score (nSPS) is 24.5. The van der Waals surface area contributed by atoms with E-state index in [9.17, 15) is 4.79 Å². The van der Waals surface area contributed by atoms with E-state index in [-0.39, 0.29) is 18.1 Å². The minimum Gasteiger partial charge on any atom is -0.462 e. The first-order valence-electron chi connectivity index (χ1n) is 5.67. The highest BCUT2D eigenvalue weighted by atomic mass is 16.5. The van der Waals surface area contributed by atoms with Crippen LogP contribution in [0, 0.1) is 0 Å². The second kappa shape index (κ2) is 5.47. The van der Waals surface area contributed by atoms with Gasteiger partial charge in [0, 0.05) is 19.6 Å². The molecule has 1 aliphatic heterocycles. The summed E-state index contributed by atoms with van der Waals surface area (Å²) in [6.45, 7) is 9.66. The van der Waals surface area contributed by atoms with Gasteiger partial charge in [-0.05, 0) is 27.4 Å². The fourth-order valence-electron chi connectivity index (χ4n) is 1.78. The predicted octanol–water partition coefficient (Wildman–Crippen LogP) is 0.574. The number of carbonyl (C=O) groups is 1. The lowest BCUT2D eigenvalue weighted by Gasteiger charge is -2.37. The Morgan fingerprint density at radius 2 is 2.13 bits per heavy atom. The van der Waals surface area contributed by atoms with E-state index in [4.69, 9.17) is 4.74 Å². The first-order valence-corrected chi connectivity index (χ1v) is 5.67. The lowest BCUT2D eigenvalue weighted by molar-refractivity contribution is -0.155. The summed E-state index contributed by atoms with van der Waals surface area (Å²) in [5, 5.41) is 0. The molecule has 1 aliphatic rings. The third-order valence-corrected chi connectivity index (χ3v) is 2.80. The average Bonchev–Trinajstić information content (AvgIpc) is 2.17. The number of rotatable bonds is 3. The topological polar surface area (TPSA) is 32.8 Å². The number of hydrogen-bond acceptors (Lipinski definition) is 4. The van der Waals surface area contributed by atoms with Crippen LogP contribution in [0.15, 0.2) is 0 Å². The highest BCUT2D eigenvalue weighted by Gasteiger charge is 2.30. The number of piperazine rings is 1. The summed E-state index contributed by atoms with van der Waals surface area (Å²) in [7, 11) is 1.99. The van der Waals surface area contributed by atoms with Crippen LogP contribution in [0.25, 0.3) is 0 Å². The van der Waals surface area contributed by atoms with E-state index in [0.717, 1.165) is 26.2 Å². The smallest absolute Gasteiger partial charge is 0.324 e. The fourth-order valence-corrected chi connectivity index (χ4v) is 1.78. The van der Waals surface area contributed by atoms with E-state index in [2.05, 4.69) is 16.7 Å². The molecule has 0 saturated carbocycles. The third-order valence-electron chi connectivity index (χ3n) is 2.80. The molecular weight excluding hydrogens is 192 g/mol. The standard InChI is InChI=1S/C11H22N2O2/c1-5-13-7-6-12(4)10(8-13)11(14)15-9(2)3/h9-10H,5-8H2,1-4H3. The molecule has 0 amide bonds. The van der Waals surface area contributed by atoms with Crippen molar-refractivity contribution in [2.75, 3.05) is 33.2 Å². The van der Waals surface area contributed by atoms with Gasteiger partial charge in [0.1, 0.15) is 6.04 Å². The minimum absolute atomic E-state index is 0.0251. The third kappa shape index (κ3) is 3.47. The molecule has 1 fully saturated rings. The van der Waals surface area contributed by atoms with Crippen molar-refractivity contribution in [3.63, 3.8) is 0 Å². The van der Waals surface area contributed by atoms with Gasteiger partial charge in [0.05, 0.1) is 6.10 Å². The van der Waals surface area contributed by atoms with E-state index in [1.165, 1.54) is 0 Å². The Kier molecular flexibility index (Phi) is 4.54. The zero-order valence-corrected chi connectivity index (χ0v) is 10.2. The SMILES string of the molecule is CCN1CCN(C)C(C(=O)OC(C)C)C1. The maximum Gasteiger partial charge on any atom is 0.324 e. The number of esters is 1. The number of nitrogens with zero attached hydrogens (tertiary/aromatic N) is 2. The minimum atomic E-state index is -0.0962. The summed E-state index contributed by atoms with van der Waals surface area (Å²) in [5.41, 5.74) is 0. The van der Waals surface area contributed by atoms with Crippen LogP contribution in [-0.4, -0.2) is 61.1 Å². The van der Waals surface area contributed by atoms with Gasteiger partial charge in [-0.2, -0.15) is 0 Å². The molecule has 0 aromatic rings. The van der Waals surface area contributed by atoms with Gasteiger partial charge < -0.3 is 9.64 Å². The monoisotopic (exact) mass is 214 g/mol. The average molecular weight is 214 g/mol. The second-order valence-corrected chi connectivity index (χ2v) is 4.38. The summed E-state index contributed by atoms with van der Waals surface area (Å²) >= 11 is 0. The van der Waals surface area contributed by atoms with Crippen molar-refractivity contribution < 1.29 is 9.53 Å². The lowest BCUT2D eigenvalue weighted by atomic mass is 10.2. The van der Waals surface area contributed by atoms with E-state index < -0.39 is 0 Å². The van der Waals surface area contributed by atoms with Gasteiger partial charge in [-0.25, -0.2) is 0 Å². The van der Waals surface area contributed by atoms with Crippen LogP contribution in [0.3, 0.4) is 0 Å². The van der Waals surface area contributed by atoms with Crippen molar-refractivity contribution in [3.05, 3.63) is 0 Å². The van der Waals surface area contributed by atoms with Crippen LogP contribution in [0.1, 0.15) is 20.8 Å². The molecule has 4 nitrogen and oxygen atoms in total. The summed E-state index contributed by atoms with van der Waals surface area (Å²) < 4.78 is 5.25. The van der Waals surface area contributed by atoms with Gasteiger partial charge in [-0.3, -0.25) is 9.69 Å². The molecule has 88 valence electrons. The van der Waals surface area contributed by atoms with Gasteiger partial charge >= 0.3 is 5.97 Å². The van der Waals surface area contributed by atoms with Crippen LogP contribution in [0.4, 0.5) is 0 Å². The Morgan fingerprint density at radius 1 is 1.47 bits per heavy atom. The highest BCUT2D eigenvalue weighted by Crippen LogP contribution is 2.09. The Labute approximate surface area is 92.2 Å². The van der Waals surface area contributed by atoms with E-state index in [1.54, 1.807) is 0 Å². The molecule has 0 aromatic heterocycles. The maximum absolute atomic E-state index is 11.8. The molecule has 1 unspecified atom stereocenters. The molecule has 1 heterocycles. The summed E-state index contributed by atoms with van der Waals surface area (Å²) in [6, 6.07) is -0.0962. The first kappa shape index (κ1) is 12.5. The molecule has 1 rings (SSSR count). The Bertz CT molecular complexity index is 219. The van der Waals surface area contributed by atoms with Crippen LogP contribution < -0.4 is 0 Å². The van der Waals surface area contributed by atoms with E-state index in [1.807, 2.05) is 20.9 Å². The zero-order chi connectivity index (χ0) is 11.4. The van der Waals surface area contributed by atoms with Crippen LogP contribution >= 0.6 is 0 Å². The molecule has 0 radical (unpaired) electrons. The maximum atomic E-state index is 11.8. The molecule has 0 bridgehead atoms. The first-order chi connectivity index (χ1) is 7.04. The number of likely N-dealkylation sites (N-methyl/N-ethyl adjacent to an activating group) is 2. The van der Waals surface area contributed by atoms with E-state index in [0.29, 0.717) is 0 Å². The van der Waals surface area contributed by atoms with Crippen molar-refractivity contribution in [2.24, 2.45) is 0 Å².